The van der Waals surface area contributed by atoms with Crippen molar-refractivity contribution in [2.24, 2.45) is 17.6 Å². The number of primary amides is 1. The van der Waals surface area contributed by atoms with E-state index in [1.54, 1.807) is 45.1 Å². The predicted molar refractivity (Wildman–Crippen MR) is 158 cm³/mol. The van der Waals surface area contributed by atoms with Gasteiger partial charge in [0.2, 0.25) is 11.6 Å². The number of ether oxygens (including phenoxy) is 3. The van der Waals surface area contributed by atoms with E-state index in [1.807, 2.05) is 6.92 Å². The van der Waals surface area contributed by atoms with Gasteiger partial charge in [0, 0.05) is 43.9 Å². The number of carbonyl (C=O) groups excluding carboxylic acids is 4. The molecule has 42 heavy (non-hydrogen) atoms. The number of amides is 2. The van der Waals surface area contributed by atoms with Gasteiger partial charge in [-0.2, -0.15) is 0 Å². The summed E-state index contributed by atoms with van der Waals surface area (Å²) in [7, 11) is 2.92. The van der Waals surface area contributed by atoms with Gasteiger partial charge in [-0.25, -0.2) is 4.79 Å². The standard InChI is InChI=1S/C31H43N3O8/c1-8-12-33-26-21-13-17(2)14-25(41-7)27(36)19(4)15-20(5)29(42-31(32)39)24(40-6)11-9-10-18(3)30(38)34-22(28(21)37)16-23(26)35/h8-11,15-17,19,24-25,27,29,33,36H,1,12-14H2,2-7H3,(H2,32,39)(H,34,38)/b11-9?,18-10?,20-15+/t17-,19+,24-,25+,27-,29+/m1/s1. The highest BCUT2D eigenvalue weighted by molar-refractivity contribution is 6.23. The van der Waals surface area contributed by atoms with E-state index in [4.69, 9.17) is 19.9 Å². The average molecular weight is 586 g/mol. The number of nitrogens with two attached hydrogens (primary N) is 1. The fourth-order valence-corrected chi connectivity index (χ4v) is 4.95. The molecule has 230 valence electrons. The quantitative estimate of drug-likeness (QED) is 0.271. The van der Waals surface area contributed by atoms with Crippen molar-refractivity contribution < 1.29 is 38.5 Å². The maximum atomic E-state index is 13.5. The van der Waals surface area contributed by atoms with Crippen molar-refractivity contribution in [2.75, 3.05) is 20.8 Å². The number of nitrogens with one attached hydrogen (secondary N) is 2. The molecule has 0 saturated heterocycles. The molecule has 2 aliphatic rings. The van der Waals surface area contributed by atoms with Gasteiger partial charge in [-0.15, -0.1) is 6.58 Å². The SMILES string of the molecule is C=CCNC1=C2C[C@@H](C)C[C@H](OC)[C@H](O)[C@@H](C)/C=C(\C)[C@H](OC(N)=O)[C@H](OC)C=CC=C(C)C(=O)NC(=CC1=O)C2=O. The first kappa shape index (κ1) is 34.4. The molecule has 0 radical (unpaired) electrons. The topological polar surface area (TPSA) is 166 Å². The predicted octanol–water partition coefficient (Wildman–Crippen LogP) is 2.54. The third-order valence-electron chi connectivity index (χ3n) is 7.22. The second-order valence-electron chi connectivity index (χ2n) is 10.6. The molecule has 0 unspecified atom stereocenters. The Labute approximate surface area is 247 Å². The minimum absolute atomic E-state index is 0.132. The number of allylic oxidation sites excluding steroid dienone is 4. The van der Waals surface area contributed by atoms with Gasteiger partial charge in [0.1, 0.15) is 6.10 Å². The molecule has 11 nitrogen and oxygen atoms in total. The van der Waals surface area contributed by atoms with E-state index < -0.39 is 53.9 Å². The van der Waals surface area contributed by atoms with Crippen LogP contribution >= 0.6 is 0 Å². The van der Waals surface area contributed by atoms with Gasteiger partial charge in [-0.05, 0) is 38.2 Å². The van der Waals surface area contributed by atoms with Gasteiger partial charge in [0.25, 0.3) is 5.91 Å². The number of aliphatic hydroxyl groups excluding tert-OH is 1. The van der Waals surface area contributed by atoms with Crippen LogP contribution in [0.15, 0.2) is 71.1 Å². The number of methoxy groups -OCH3 is 2. The number of rotatable bonds is 6. The molecule has 0 spiro atoms. The van der Waals surface area contributed by atoms with Crippen molar-refractivity contribution in [3.05, 3.63) is 71.1 Å². The van der Waals surface area contributed by atoms with Crippen molar-refractivity contribution in [3.63, 3.8) is 0 Å². The highest BCUT2D eigenvalue weighted by Gasteiger charge is 2.33. The molecule has 5 N–H and O–H groups in total. The van der Waals surface area contributed by atoms with E-state index in [0.717, 1.165) is 6.08 Å². The maximum absolute atomic E-state index is 13.5. The number of carbonyl (C=O) groups is 4. The number of hydrogen-bond acceptors (Lipinski definition) is 9. The molecule has 2 amide bonds. The first-order chi connectivity index (χ1) is 19.8. The highest BCUT2D eigenvalue weighted by atomic mass is 16.6. The van der Waals surface area contributed by atoms with Crippen molar-refractivity contribution in [3.8, 4) is 0 Å². The Morgan fingerprint density at radius 3 is 2.50 bits per heavy atom. The van der Waals surface area contributed by atoms with E-state index in [-0.39, 0.29) is 41.4 Å². The van der Waals surface area contributed by atoms with Crippen LogP contribution in [0.4, 0.5) is 4.79 Å². The molecule has 1 aliphatic carbocycles. The highest BCUT2D eigenvalue weighted by Crippen LogP contribution is 2.28. The molecule has 0 saturated carbocycles. The van der Waals surface area contributed by atoms with Crippen LogP contribution in [0.1, 0.15) is 40.5 Å². The Morgan fingerprint density at radius 2 is 1.90 bits per heavy atom. The van der Waals surface area contributed by atoms with E-state index in [2.05, 4.69) is 17.2 Å². The van der Waals surface area contributed by atoms with Crippen molar-refractivity contribution >= 4 is 23.6 Å². The van der Waals surface area contributed by atoms with Crippen LogP contribution < -0.4 is 16.4 Å². The van der Waals surface area contributed by atoms with Crippen LogP contribution in [0.5, 0.6) is 0 Å². The summed E-state index contributed by atoms with van der Waals surface area (Å²) in [6.07, 6.45) is 5.34. The molecule has 0 aromatic rings. The molecule has 0 aromatic carbocycles. The Morgan fingerprint density at radius 1 is 1.21 bits per heavy atom. The molecule has 2 rings (SSSR count). The summed E-state index contributed by atoms with van der Waals surface area (Å²) < 4.78 is 16.6. The second-order valence-corrected chi connectivity index (χ2v) is 10.6. The van der Waals surface area contributed by atoms with Crippen LogP contribution in [0.3, 0.4) is 0 Å². The molecule has 2 bridgehead atoms. The fourth-order valence-electron chi connectivity index (χ4n) is 4.95. The van der Waals surface area contributed by atoms with Crippen molar-refractivity contribution in [1.82, 2.24) is 10.6 Å². The second kappa shape index (κ2) is 16.0. The van der Waals surface area contributed by atoms with Gasteiger partial charge in [0.05, 0.1) is 23.6 Å². The van der Waals surface area contributed by atoms with Gasteiger partial charge in [-0.3, -0.25) is 14.4 Å². The Hall–Kier alpha value is -3.80. The first-order valence-electron chi connectivity index (χ1n) is 13.8. The summed E-state index contributed by atoms with van der Waals surface area (Å²) in [5.74, 6) is -2.14. The summed E-state index contributed by atoms with van der Waals surface area (Å²) in [6.45, 7) is 10.9. The normalized spacial score (nSPS) is 29.6. The average Bonchev–Trinajstić information content (AvgIpc) is 2.94. The largest absolute Gasteiger partial charge is 0.439 e. The Kier molecular flexibility index (Phi) is 13.1. The maximum Gasteiger partial charge on any atom is 0.405 e. The number of ketones is 2. The van der Waals surface area contributed by atoms with Gasteiger partial charge >= 0.3 is 6.09 Å². The molecular formula is C31H43N3O8. The third kappa shape index (κ3) is 9.10. The van der Waals surface area contributed by atoms with Gasteiger partial charge < -0.3 is 35.7 Å². The van der Waals surface area contributed by atoms with E-state index >= 15 is 0 Å². The summed E-state index contributed by atoms with van der Waals surface area (Å²) in [6, 6.07) is 0. The van der Waals surface area contributed by atoms with Crippen LogP contribution in [0, 0.1) is 11.8 Å². The minimum Gasteiger partial charge on any atom is -0.439 e. The summed E-state index contributed by atoms with van der Waals surface area (Å²) in [4.78, 5) is 51.3. The molecular weight excluding hydrogens is 542 g/mol. The Bertz CT molecular complexity index is 1210. The lowest BCUT2D eigenvalue weighted by molar-refractivity contribution is -0.120. The molecule has 11 heteroatoms. The number of aliphatic hydroxyl groups is 1. The van der Waals surface area contributed by atoms with Crippen LogP contribution in [0.2, 0.25) is 0 Å². The smallest absolute Gasteiger partial charge is 0.405 e. The summed E-state index contributed by atoms with van der Waals surface area (Å²) in [5, 5.41) is 16.7. The molecule has 6 atom stereocenters. The monoisotopic (exact) mass is 585 g/mol. The molecule has 0 fully saturated rings. The minimum atomic E-state index is -1.00. The zero-order valence-electron chi connectivity index (χ0n) is 25.1. The van der Waals surface area contributed by atoms with E-state index in [1.165, 1.54) is 20.3 Å². The number of fused-ring (bicyclic) bond motifs is 2. The lowest BCUT2D eigenvalue weighted by Crippen LogP contribution is -2.37. The van der Waals surface area contributed by atoms with E-state index in [0.29, 0.717) is 12.0 Å². The van der Waals surface area contributed by atoms with Gasteiger partial charge in [0.15, 0.2) is 6.10 Å². The van der Waals surface area contributed by atoms with Crippen molar-refractivity contribution in [1.29, 1.82) is 0 Å². The fraction of sp³-hybridized carbons (Fsp3) is 0.484. The van der Waals surface area contributed by atoms with Crippen LogP contribution in [-0.2, 0) is 28.6 Å². The number of Topliss-reactive ketones (excluding diaryl/α,β-unsaturated/α-hetero) is 1. The molecule has 0 aromatic heterocycles. The van der Waals surface area contributed by atoms with Crippen molar-refractivity contribution in [2.45, 2.75) is 65.0 Å². The summed E-state index contributed by atoms with van der Waals surface area (Å²) in [5.41, 5.74) is 6.42. The van der Waals surface area contributed by atoms with Crippen LogP contribution in [0.25, 0.3) is 0 Å². The van der Waals surface area contributed by atoms with Gasteiger partial charge in [-0.1, -0.05) is 44.2 Å². The van der Waals surface area contributed by atoms with Crippen LogP contribution in [-0.4, -0.2) is 73.9 Å². The summed E-state index contributed by atoms with van der Waals surface area (Å²) >= 11 is 0. The Balaban J connectivity index is 2.62. The lowest BCUT2D eigenvalue weighted by Gasteiger charge is -2.30. The zero-order chi connectivity index (χ0) is 31.6. The third-order valence-corrected chi connectivity index (χ3v) is 7.22. The molecule has 1 heterocycles. The van der Waals surface area contributed by atoms with E-state index in [9.17, 15) is 24.3 Å². The first-order valence-corrected chi connectivity index (χ1v) is 13.8. The number of hydrogen-bond donors (Lipinski definition) is 4. The zero-order valence-corrected chi connectivity index (χ0v) is 25.1. The lowest BCUT2D eigenvalue weighted by atomic mass is 9.85. The molecule has 1 aliphatic heterocycles.